The summed E-state index contributed by atoms with van der Waals surface area (Å²) in [6, 6.07) is 10.6. The Hall–Kier alpha value is -2.25. The lowest BCUT2D eigenvalue weighted by Crippen LogP contribution is -2.25. The van der Waals surface area contributed by atoms with Crippen LogP contribution in [0.5, 0.6) is 11.5 Å². The first-order chi connectivity index (χ1) is 12.4. The van der Waals surface area contributed by atoms with Crippen molar-refractivity contribution >= 4 is 39.3 Å². The van der Waals surface area contributed by atoms with E-state index in [-0.39, 0.29) is 5.91 Å². The fourth-order valence-corrected chi connectivity index (χ4v) is 3.30. The number of hydrogen-bond donors (Lipinski definition) is 0. The number of rotatable bonds is 4. The molecule has 0 radical (unpaired) electrons. The van der Waals surface area contributed by atoms with Gasteiger partial charge in [0.2, 0.25) is 18.0 Å². The largest absolute Gasteiger partial charge is 0.496 e. The van der Waals surface area contributed by atoms with Crippen LogP contribution in [0, 0.1) is 0 Å². The normalized spacial score (nSPS) is 16.1. The summed E-state index contributed by atoms with van der Waals surface area (Å²) in [5.74, 6) is 1.17. The Kier molecular flexibility index (Phi) is 5.38. The molecule has 1 atom stereocenters. The van der Waals surface area contributed by atoms with E-state index in [1.54, 1.807) is 37.4 Å². The number of halogens is 2. The van der Waals surface area contributed by atoms with Crippen molar-refractivity contribution in [2.45, 2.75) is 13.2 Å². The summed E-state index contributed by atoms with van der Waals surface area (Å²) in [4.78, 5) is 12.1. The van der Waals surface area contributed by atoms with Gasteiger partial charge in [0.1, 0.15) is 11.5 Å². The summed E-state index contributed by atoms with van der Waals surface area (Å²) in [5.41, 5.74) is 1.31. The van der Waals surface area contributed by atoms with E-state index < -0.39 is 6.23 Å². The molecule has 3 rings (SSSR count). The van der Waals surface area contributed by atoms with Gasteiger partial charge < -0.3 is 14.2 Å². The number of hydrazone groups is 1. The van der Waals surface area contributed by atoms with Crippen LogP contribution < -0.4 is 9.47 Å². The summed E-state index contributed by atoms with van der Waals surface area (Å²) >= 11 is 9.50. The third-order valence-corrected chi connectivity index (χ3v) is 4.66. The van der Waals surface area contributed by atoms with Crippen LogP contribution in [0.25, 0.3) is 0 Å². The smallest absolute Gasteiger partial charge is 0.243 e. The molecule has 0 unspecified atom stereocenters. The Morgan fingerprint density at radius 1 is 1.23 bits per heavy atom. The lowest BCUT2D eigenvalue weighted by atomic mass is 10.1. The lowest BCUT2D eigenvalue weighted by Gasteiger charge is -2.22. The zero-order chi connectivity index (χ0) is 18.8. The number of methoxy groups -OCH3 is 2. The first kappa shape index (κ1) is 18.5. The van der Waals surface area contributed by atoms with Crippen LogP contribution >= 0.6 is 27.5 Å². The molecule has 0 fully saturated rings. The fourth-order valence-electron chi connectivity index (χ4n) is 2.58. The molecule has 8 heteroatoms. The van der Waals surface area contributed by atoms with Gasteiger partial charge in [0.05, 0.1) is 24.3 Å². The first-order valence-electron chi connectivity index (χ1n) is 7.67. The van der Waals surface area contributed by atoms with E-state index in [2.05, 4.69) is 21.0 Å². The van der Waals surface area contributed by atoms with Crippen LogP contribution in [0.15, 0.2) is 46.0 Å². The molecule has 2 aromatic rings. The minimum absolute atomic E-state index is 0.263. The average molecular weight is 440 g/mol. The average Bonchev–Trinajstić information content (AvgIpc) is 3.07. The van der Waals surface area contributed by atoms with Gasteiger partial charge in [-0.15, -0.1) is 5.10 Å². The van der Waals surface area contributed by atoms with Gasteiger partial charge in [0, 0.05) is 23.6 Å². The van der Waals surface area contributed by atoms with E-state index in [4.69, 9.17) is 25.8 Å². The van der Waals surface area contributed by atoms with E-state index in [1.165, 1.54) is 19.0 Å². The monoisotopic (exact) mass is 438 g/mol. The van der Waals surface area contributed by atoms with Crippen LogP contribution in [0.4, 0.5) is 0 Å². The quantitative estimate of drug-likeness (QED) is 0.710. The molecule has 0 saturated heterocycles. The molecule has 6 nitrogen and oxygen atoms in total. The molecule has 1 aliphatic heterocycles. The maximum atomic E-state index is 12.1. The molecule has 26 heavy (non-hydrogen) atoms. The van der Waals surface area contributed by atoms with Gasteiger partial charge in [-0.2, -0.15) is 5.01 Å². The van der Waals surface area contributed by atoms with Gasteiger partial charge in [-0.25, -0.2) is 0 Å². The topological polar surface area (TPSA) is 60.4 Å². The standard InChI is InChI=1S/C18H16BrClN2O4/c1-10(23)22-18(13-8-14(19)16(25-3)9-15(13)24-2)26-17(21-22)11-5-4-6-12(20)7-11/h4-9,18H,1-3H3/t18-/m0/s1. The second-order valence-electron chi connectivity index (χ2n) is 5.48. The van der Waals surface area contributed by atoms with E-state index in [0.717, 1.165) is 0 Å². The second-order valence-corrected chi connectivity index (χ2v) is 6.77. The van der Waals surface area contributed by atoms with E-state index >= 15 is 0 Å². The van der Waals surface area contributed by atoms with Crippen molar-refractivity contribution in [1.29, 1.82) is 0 Å². The molecule has 0 N–H and O–H groups in total. The van der Waals surface area contributed by atoms with Crippen LogP contribution in [0.1, 0.15) is 24.3 Å². The SMILES string of the molecule is COc1cc(OC)c([C@@H]2OC(c3cccc(Cl)c3)=NN2C(C)=O)cc1Br. The second kappa shape index (κ2) is 7.55. The van der Waals surface area contributed by atoms with Gasteiger partial charge >= 0.3 is 0 Å². The zero-order valence-electron chi connectivity index (χ0n) is 14.3. The predicted octanol–water partition coefficient (Wildman–Crippen LogP) is 4.36. The molecule has 1 heterocycles. The van der Waals surface area contributed by atoms with Gasteiger partial charge in [-0.05, 0) is 40.2 Å². The minimum atomic E-state index is -0.765. The molecule has 0 aromatic heterocycles. The molecule has 0 spiro atoms. The van der Waals surface area contributed by atoms with Crippen molar-refractivity contribution in [1.82, 2.24) is 5.01 Å². The van der Waals surface area contributed by atoms with Crippen molar-refractivity contribution in [2.24, 2.45) is 5.10 Å². The Morgan fingerprint density at radius 3 is 2.58 bits per heavy atom. The number of benzene rings is 2. The molecular weight excluding hydrogens is 424 g/mol. The first-order valence-corrected chi connectivity index (χ1v) is 8.84. The Balaban J connectivity index is 2.03. The highest BCUT2D eigenvalue weighted by molar-refractivity contribution is 9.10. The van der Waals surface area contributed by atoms with E-state index in [1.807, 2.05) is 6.07 Å². The van der Waals surface area contributed by atoms with Gasteiger partial charge in [-0.1, -0.05) is 17.7 Å². The number of nitrogens with zero attached hydrogens (tertiary/aromatic N) is 2. The Labute approximate surface area is 164 Å². The molecular formula is C18H16BrClN2O4. The van der Waals surface area contributed by atoms with Crippen LogP contribution in [0.3, 0.4) is 0 Å². The highest BCUT2D eigenvalue weighted by Crippen LogP contribution is 2.40. The van der Waals surface area contributed by atoms with Crippen LogP contribution in [-0.4, -0.2) is 31.0 Å². The van der Waals surface area contributed by atoms with Crippen molar-refractivity contribution in [3.8, 4) is 11.5 Å². The molecule has 1 aliphatic rings. The number of carbonyl (C=O) groups excluding carboxylic acids is 1. The maximum Gasteiger partial charge on any atom is 0.243 e. The lowest BCUT2D eigenvalue weighted by molar-refractivity contribution is -0.135. The van der Waals surface area contributed by atoms with Gasteiger partial charge in [0.15, 0.2) is 0 Å². The highest BCUT2D eigenvalue weighted by atomic mass is 79.9. The molecule has 1 amide bonds. The van der Waals surface area contributed by atoms with Crippen LogP contribution in [-0.2, 0) is 9.53 Å². The molecule has 136 valence electrons. The van der Waals surface area contributed by atoms with Crippen molar-refractivity contribution in [3.05, 3.63) is 57.0 Å². The third-order valence-electron chi connectivity index (χ3n) is 3.81. The molecule has 2 aromatic carbocycles. The summed E-state index contributed by atoms with van der Waals surface area (Å²) in [6.07, 6.45) is -0.765. The molecule has 0 bridgehead atoms. The summed E-state index contributed by atoms with van der Waals surface area (Å²) in [6.45, 7) is 1.42. The molecule has 0 aliphatic carbocycles. The number of carbonyl (C=O) groups is 1. The Bertz CT molecular complexity index is 887. The summed E-state index contributed by atoms with van der Waals surface area (Å²) in [5, 5.41) is 6.14. The van der Waals surface area contributed by atoms with Gasteiger partial charge in [-0.3, -0.25) is 4.79 Å². The minimum Gasteiger partial charge on any atom is -0.496 e. The zero-order valence-corrected chi connectivity index (χ0v) is 16.7. The van der Waals surface area contributed by atoms with E-state index in [9.17, 15) is 4.79 Å². The maximum absolute atomic E-state index is 12.1. The number of hydrogen-bond acceptors (Lipinski definition) is 5. The van der Waals surface area contributed by atoms with Crippen molar-refractivity contribution in [2.75, 3.05) is 14.2 Å². The fraction of sp³-hybridized carbons (Fsp3) is 0.222. The predicted molar refractivity (Wildman–Crippen MR) is 102 cm³/mol. The number of ether oxygens (including phenoxy) is 3. The van der Waals surface area contributed by atoms with Crippen molar-refractivity contribution in [3.63, 3.8) is 0 Å². The van der Waals surface area contributed by atoms with Crippen LogP contribution in [0.2, 0.25) is 5.02 Å². The molecule has 0 saturated carbocycles. The highest BCUT2D eigenvalue weighted by Gasteiger charge is 2.35. The summed E-state index contributed by atoms with van der Waals surface area (Å²) < 4.78 is 17.4. The third kappa shape index (κ3) is 3.50. The summed E-state index contributed by atoms with van der Waals surface area (Å²) in [7, 11) is 3.10. The van der Waals surface area contributed by atoms with Gasteiger partial charge in [0.25, 0.3) is 0 Å². The number of amides is 1. The van der Waals surface area contributed by atoms with E-state index in [0.29, 0.717) is 38.0 Å². The van der Waals surface area contributed by atoms with Crippen molar-refractivity contribution < 1.29 is 19.0 Å². The Morgan fingerprint density at radius 2 is 1.96 bits per heavy atom.